The molecule has 0 bridgehead atoms. The van der Waals surface area contributed by atoms with E-state index in [1.54, 1.807) is 6.92 Å². The summed E-state index contributed by atoms with van der Waals surface area (Å²) in [5, 5.41) is 14.6. The van der Waals surface area contributed by atoms with E-state index < -0.39 is 17.4 Å². The van der Waals surface area contributed by atoms with E-state index >= 15 is 0 Å². The van der Waals surface area contributed by atoms with Crippen LogP contribution in [0.1, 0.15) is 39.0 Å². The van der Waals surface area contributed by atoms with Crippen LogP contribution in [0.3, 0.4) is 0 Å². The molecule has 2 fully saturated rings. The second kappa shape index (κ2) is 4.59. The van der Waals surface area contributed by atoms with E-state index in [4.69, 9.17) is 0 Å². The summed E-state index contributed by atoms with van der Waals surface area (Å²) < 4.78 is 0. The maximum Gasteiger partial charge on any atom is 0.311 e. The highest BCUT2D eigenvalue weighted by atomic mass is 16.4. The first-order valence-corrected chi connectivity index (χ1v) is 6.26. The van der Waals surface area contributed by atoms with Crippen LogP contribution in [-0.4, -0.2) is 35.0 Å². The Labute approximate surface area is 105 Å². The number of nitrogens with one attached hydrogen (secondary N) is 2. The summed E-state index contributed by atoms with van der Waals surface area (Å²) in [6.45, 7) is 1.67. The molecule has 0 spiro atoms. The molecule has 6 nitrogen and oxygen atoms in total. The quantitative estimate of drug-likeness (QED) is 0.662. The fourth-order valence-corrected chi connectivity index (χ4v) is 2.74. The Balaban J connectivity index is 1.98. The predicted octanol–water partition coefficient (Wildman–Crippen LogP) is 0.0246. The van der Waals surface area contributed by atoms with Gasteiger partial charge in [-0.3, -0.25) is 14.4 Å². The van der Waals surface area contributed by atoms with Crippen LogP contribution in [0, 0.1) is 5.41 Å². The Bertz CT molecular complexity index is 396. The van der Waals surface area contributed by atoms with Gasteiger partial charge in [0, 0.05) is 12.5 Å². The lowest BCUT2D eigenvalue weighted by Gasteiger charge is -2.28. The highest BCUT2D eigenvalue weighted by Gasteiger charge is 2.46. The van der Waals surface area contributed by atoms with Crippen LogP contribution >= 0.6 is 0 Å². The van der Waals surface area contributed by atoms with Crippen LogP contribution in [0.15, 0.2) is 0 Å². The summed E-state index contributed by atoms with van der Waals surface area (Å²) >= 11 is 0. The molecule has 18 heavy (non-hydrogen) atoms. The molecule has 3 atom stereocenters. The molecule has 0 aromatic rings. The third-order valence-corrected chi connectivity index (χ3v) is 4.07. The molecule has 3 unspecified atom stereocenters. The van der Waals surface area contributed by atoms with Gasteiger partial charge in [-0.25, -0.2) is 0 Å². The molecule has 0 aromatic carbocycles. The normalized spacial score (nSPS) is 35.3. The lowest BCUT2D eigenvalue weighted by molar-refractivity contribution is -0.149. The number of carboxylic acids is 1. The van der Waals surface area contributed by atoms with Crippen molar-refractivity contribution in [1.29, 1.82) is 0 Å². The van der Waals surface area contributed by atoms with E-state index in [-0.39, 0.29) is 17.9 Å². The molecule has 2 rings (SSSR count). The molecule has 1 saturated carbocycles. The SMILES string of the molecule is CC1(C(=O)O)CCCC1NC(=O)C1CCC(=O)N1. The molecule has 6 heteroatoms. The van der Waals surface area contributed by atoms with Crippen molar-refractivity contribution < 1.29 is 19.5 Å². The summed E-state index contributed by atoms with van der Waals surface area (Å²) in [7, 11) is 0. The number of carboxylic acid groups (broad SMARTS) is 1. The third kappa shape index (κ3) is 2.19. The zero-order valence-electron chi connectivity index (χ0n) is 10.4. The number of carbonyl (C=O) groups excluding carboxylic acids is 2. The van der Waals surface area contributed by atoms with Gasteiger partial charge in [-0.15, -0.1) is 0 Å². The van der Waals surface area contributed by atoms with Crippen molar-refractivity contribution in [3.63, 3.8) is 0 Å². The van der Waals surface area contributed by atoms with Gasteiger partial charge in [0.1, 0.15) is 6.04 Å². The van der Waals surface area contributed by atoms with Crippen molar-refractivity contribution in [1.82, 2.24) is 10.6 Å². The average molecular weight is 254 g/mol. The van der Waals surface area contributed by atoms with E-state index in [2.05, 4.69) is 10.6 Å². The van der Waals surface area contributed by atoms with Gasteiger partial charge in [-0.05, 0) is 26.2 Å². The Morgan fingerprint density at radius 3 is 2.72 bits per heavy atom. The minimum Gasteiger partial charge on any atom is -0.481 e. The summed E-state index contributed by atoms with van der Waals surface area (Å²) in [4.78, 5) is 34.3. The third-order valence-electron chi connectivity index (χ3n) is 4.07. The van der Waals surface area contributed by atoms with Gasteiger partial charge in [-0.2, -0.15) is 0 Å². The van der Waals surface area contributed by atoms with E-state index in [0.29, 0.717) is 25.7 Å². The standard InChI is InChI=1S/C12H18N2O4/c1-12(11(17)18)6-2-3-8(12)14-10(16)7-4-5-9(15)13-7/h7-8H,2-6H2,1H3,(H,13,15)(H,14,16)(H,17,18). The molecule has 3 N–H and O–H groups in total. The molecule has 1 heterocycles. The summed E-state index contributed by atoms with van der Waals surface area (Å²) in [5.74, 6) is -1.26. The Kier molecular flexibility index (Phi) is 3.28. The fraction of sp³-hybridized carbons (Fsp3) is 0.750. The summed E-state index contributed by atoms with van der Waals surface area (Å²) in [6, 6.07) is -0.851. The van der Waals surface area contributed by atoms with Crippen LogP contribution in [-0.2, 0) is 14.4 Å². The lowest BCUT2D eigenvalue weighted by Crippen LogP contribution is -2.51. The smallest absolute Gasteiger partial charge is 0.311 e. The largest absolute Gasteiger partial charge is 0.481 e. The van der Waals surface area contributed by atoms with Crippen LogP contribution < -0.4 is 10.6 Å². The van der Waals surface area contributed by atoms with Gasteiger partial charge >= 0.3 is 5.97 Å². The van der Waals surface area contributed by atoms with Gasteiger partial charge in [-0.1, -0.05) is 6.42 Å². The number of rotatable bonds is 3. The van der Waals surface area contributed by atoms with Gasteiger partial charge in [0.05, 0.1) is 5.41 Å². The van der Waals surface area contributed by atoms with Crippen LogP contribution in [0.4, 0.5) is 0 Å². The van der Waals surface area contributed by atoms with E-state index in [9.17, 15) is 19.5 Å². The van der Waals surface area contributed by atoms with Crippen molar-refractivity contribution >= 4 is 17.8 Å². The second-order valence-corrected chi connectivity index (χ2v) is 5.33. The number of carbonyl (C=O) groups is 3. The number of hydrogen-bond donors (Lipinski definition) is 3. The first-order chi connectivity index (χ1) is 8.43. The van der Waals surface area contributed by atoms with Crippen LogP contribution in [0.25, 0.3) is 0 Å². The second-order valence-electron chi connectivity index (χ2n) is 5.33. The Morgan fingerprint density at radius 2 is 2.17 bits per heavy atom. The molecule has 1 aliphatic carbocycles. The minimum atomic E-state index is -0.891. The molecule has 1 saturated heterocycles. The zero-order valence-corrected chi connectivity index (χ0v) is 10.4. The molecule has 2 aliphatic rings. The number of aliphatic carboxylic acids is 1. The molecule has 0 radical (unpaired) electrons. The molecule has 100 valence electrons. The summed E-state index contributed by atoms with van der Waals surface area (Å²) in [6.07, 6.45) is 2.89. The van der Waals surface area contributed by atoms with Crippen LogP contribution in [0.5, 0.6) is 0 Å². The molecular formula is C12H18N2O4. The fourth-order valence-electron chi connectivity index (χ4n) is 2.74. The Morgan fingerprint density at radius 1 is 1.44 bits per heavy atom. The minimum absolute atomic E-state index is 0.123. The van der Waals surface area contributed by atoms with Gasteiger partial charge in [0.25, 0.3) is 0 Å². The maximum absolute atomic E-state index is 11.9. The molecular weight excluding hydrogens is 236 g/mol. The van der Waals surface area contributed by atoms with E-state index in [1.807, 2.05) is 0 Å². The molecule has 1 aliphatic heterocycles. The average Bonchev–Trinajstić information content (AvgIpc) is 2.87. The zero-order chi connectivity index (χ0) is 13.3. The molecule has 0 aromatic heterocycles. The first-order valence-electron chi connectivity index (χ1n) is 6.26. The highest BCUT2D eigenvalue weighted by Crippen LogP contribution is 2.38. The van der Waals surface area contributed by atoms with Crippen LogP contribution in [0.2, 0.25) is 0 Å². The summed E-state index contributed by atoms with van der Waals surface area (Å²) in [5.41, 5.74) is -0.891. The van der Waals surface area contributed by atoms with Crippen molar-refractivity contribution in [3.05, 3.63) is 0 Å². The number of hydrogen-bond acceptors (Lipinski definition) is 3. The van der Waals surface area contributed by atoms with E-state index in [0.717, 1.165) is 6.42 Å². The monoisotopic (exact) mass is 254 g/mol. The first kappa shape index (κ1) is 12.9. The van der Waals surface area contributed by atoms with Crippen molar-refractivity contribution in [3.8, 4) is 0 Å². The van der Waals surface area contributed by atoms with Gasteiger partial charge in [0.2, 0.25) is 11.8 Å². The maximum atomic E-state index is 11.9. The predicted molar refractivity (Wildman–Crippen MR) is 62.7 cm³/mol. The van der Waals surface area contributed by atoms with E-state index in [1.165, 1.54) is 0 Å². The topological polar surface area (TPSA) is 95.5 Å². The lowest BCUT2D eigenvalue weighted by atomic mass is 9.85. The van der Waals surface area contributed by atoms with Gasteiger partial charge < -0.3 is 15.7 Å². The Hall–Kier alpha value is -1.59. The van der Waals surface area contributed by atoms with Crippen molar-refractivity contribution in [2.75, 3.05) is 0 Å². The van der Waals surface area contributed by atoms with Crippen molar-refractivity contribution in [2.24, 2.45) is 5.41 Å². The number of amides is 2. The molecule has 2 amide bonds. The highest BCUT2D eigenvalue weighted by molar-refractivity contribution is 5.91. The van der Waals surface area contributed by atoms with Crippen molar-refractivity contribution in [2.45, 2.75) is 51.1 Å². The van der Waals surface area contributed by atoms with Gasteiger partial charge in [0.15, 0.2) is 0 Å².